The van der Waals surface area contributed by atoms with Gasteiger partial charge in [-0.25, -0.2) is 9.07 Å². The Morgan fingerprint density at radius 2 is 1.88 bits per heavy atom. The lowest BCUT2D eigenvalue weighted by molar-refractivity contribution is -0.191. The van der Waals surface area contributed by atoms with Crippen LogP contribution in [0.4, 0.5) is 10.2 Å². The molecule has 176 valence electrons. The van der Waals surface area contributed by atoms with Gasteiger partial charge in [-0.05, 0) is 42.9 Å². The van der Waals surface area contributed by atoms with Gasteiger partial charge in [-0.3, -0.25) is 0 Å². The van der Waals surface area contributed by atoms with Crippen LogP contribution >= 0.6 is 23.1 Å². The lowest BCUT2D eigenvalue weighted by atomic mass is 9.83. The summed E-state index contributed by atoms with van der Waals surface area (Å²) < 4.78 is 16.8. The minimum absolute atomic E-state index is 0.236. The number of halogens is 1. The predicted octanol–water partition coefficient (Wildman–Crippen LogP) is 5.99. The van der Waals surface area contributed by atoms with Gasteiger partial charge in [0.25, 0.3) is 0 Å². The van der Waals surface area contributed by atoms with Gasteiger partial charge in [0.1, 0.15) is 10.0 Å². The monoisotopic (exact) mass is 488 g/mol. The largest absolute Gasteiger partial charge is 0.373 e. The summed E-state index contributed by atoms with van der Waals surface area (Å²) in [5.41, 5.74) is 3.05. The minimum Gasteiger partial charge on any atom is -0.355 e. The smallest absolute Gasteiger partial charge is 0.355 e. The average molecular weight is 489 g/mol. The zero-order valence-corrected chi connectivity index (χ0v) is 21.2. The van der Waals surface area contributed by atoms with Crippen molar-refractivity contribution in [1.82, 2.24) is 14.8 Å². The normalized spacial score (nSPS) is 15.2. The van der Waals surface area contributed by atoms with Crippen LogP contribution in [-0.4, -0.2) is 39.3 Å². The molecule has 1 aliphatic heterocycles. The number of hydrogen-bond acceptors (Lipinski definition) is 7. The van der Waals surface area contributed by atoms with E-state index in [1.165, 1.54) is 23.1 Å². The van der Waals surface area contributed by atoms with Gasteiger partial charge >= 0.3 is 6.15 Å². The molecule has 0 N–H and O–H groups in total. The van der Waals surface area contributed by atoms with E-state index in [4.69, 9.17) is 19.7 Å². The summed E-state index contributed by atoms with van der Waals surface area (Å²) in [6, 6.07) is 6.67. The molecule has 6 nitrogen and oxygen atoms in total. The van der Waals surface area contributed by atoms with Crippen LogP contribution in [0.1, 0.15) is 46.2 Å². The van der Waals surface area contributed by atoms with Crippen LogP contribution in [0.15, 0.2) is 34.7 Å². The molecule has 0 amide bonds. The molecule has 3 heterocycles. The first-order valence-corrected chi connectivity index (χ1v) is 12.6. The van der Waals surface area contributed by atoms with E-state index in [2.05, 4.69) is 32.6 Å². The Morgan fingerprint density at radius 3 is 2.48 bits per heavy atom. The van der Waals surface area contributed by atoms with E-state index in [1.54, 1.807) is 23.5 Å². The molecule has 0 unspecified atom stereocenters. The molecule has 4 rings (SSSR count). The molecular weight excluding hydrogens is 459 g/mol. The summed E-state index contributed by atoms with van der Waals surface area (Å²) in [6.07, 6.45) is 4.57. The van der Waals surface area contributed by atoms with Gasteiger partial charge in [-0.2, -0.15) is 19.7 Å². The van der Waals surface area contributed by atoms with Crippen molar-refractivity contribution in [3.63, 3.8) is 0 Å². The Morgan fingerprint density at radius 1 is 1.21 bits per heavy atom. The summed E-state index contributed by atoms with van der Waals surface area (Å²) >= 11 is 3.56. The maximum absolute atomic E-state index is 13.7. The summed E-state index contributed by atoms with van der Waals surface area (Å²) in [4.78, 5) is 23.7. The molecule has 0 atom stereocenters. The van der Waals surface area contributed by atoms with Crippen molar-refractivity contribution >= 4 is 35.1 Å². The Kier molecular flexibility index (Phi) is 8.10. The Bertz CT molecular complexity index is 1120. The second kappa shape index (κ2) is 10.6. The molecule has 0 spiro atoms. The molecule has 9 heteroatoms. The van der Waals surface area contributed by atoms with Crippen LogP contribution in [0.3, 0.4) is 0 Å². The van der Waals surface area contributed by atoms with E-state index < -0.39 is 0 Å². The van der Waals surface area contributed by atoms with Crippen molar-refractivity contribution in [1.29, 1.82) is 0 Å². The molecule has 0 saturated carbocycles. The third kappa shape index (κ3) is 6.31. The molecular formula is C24H29FN4O2S2. The topological polar surface area (TPSA) is 68.1 Å². The highest BCUT2D eigenvalue weighted by atomic mass is 32.2. The van der Waals surface area contributed by atoms with Crippen LogP contribution < -0.4 is 4.90 Å². The number of piperidine rings is 1. The van der Waals surface area contributed by atoms with Crippen molar-refractivity contribution in [3.8, 4) is 16.3 Å². The second-order valence-corrected chi connectivity index (χ2v) is 11.9. The predicted molar refractivity (Wildman–Crippen MR) is 131 cm³/mol. The van der Waals surface area contributed by atoms with E-state index in [-0.39, 0.29) is 12.0 Å². The first-order valence-electron chi connectivity index (χ1n) is 10.9. The van der Waals surface area contributed by atoms with Crippen molar-refractivity contribution in [2.75, 3.05) is 18.0 Å². The first kappa shape index (κ1) is 25.1. The van der Waals surface area contributed by atoms with E-state index >= 15 is 0 Å². The van der Waals surface area contributed by atoms with Gasteiger partial charge in [0.05, 0.1) is 5.69 Å². The fourth-order valence-electron chi connectivity index (χ4n) is 3.70. The van der Waals surface area contributed by atoms with Crippen LogP contribution in [0, 0.1) is 18.2 Å². The lowest BCUT2D eigenvalue weighted by Gasteiger charge is -2.37. The van der Waals surface area contributed by atoms with Crippen LogP contribution in [-0.2, 0) is 9.59 Å². The maximum atomic E-state index is 13.7. The number of rotatable bonds is 5. The zero-order chi connectivity index (χ0) is 24.2. The van der Waals surface area contributed by atoms with Crippen LogP contribution in [0.5, 0.6) is 0 Å². The van der Waals surface area contributed by atoms with E-state index in [0.717, 1.165) is 40.9 Å². The highest BCUT2D eigenvalue weighted by molar-refractivity contribution is 8.01. The number of nitrogens with zero attached hydrogens (tertiary/aromatic N) is 4. The molecule has 0 aliphatic carbocycles. The quantitative estimate of drug-likeness (QED) is 0.411. The zero-order valence-electron chi connectivity index (χ0n) is 19.6. The number of carbonyl (C=O) groups excluding carboxylic acids is 2. The Balaban J connectivity index is 0.000000968. The highest BCUT2D eigenvalue weighted by Crippen LogP contribution is 2.42. The lowest BCUT2D eigenvalue weighted by Crippen LogP contribution is -2.37. The average Bonchev–Trinajstić information content (AvgIpc) is 3.32. The molecule has 33 heavy (non-hydrogen) atoms. The standard InChI is InChI=1S/C23H29FN4S2.CO2/c1-15(2)29-21-20(27-11-9-23(4,5)10-12-27)25-22(30-21)28-14-19(16(3)26-28)17-7-6-8-18(24)13-17;2-1-3/h6-8,13-15H,9-12H2,1-5H3;. The molecule has 0 bridgehead atoms. The fraction of sp³-hybridized carbons (Fsp3) is 0.458. The molecule has 2 aromatic heterocycles. The van der Waals surface area contributed by atoms with Crippen molar-refractivity contribution in [3.05, 3.63) is 42.0 Å². The SMILES string of the molecule is Cc1nn(-c2nc(N3CCC(C)(C)CC3)c(SC(C)C)s2)cc1-c1cccc(F)c1.O=C=O. The van der Waals surface area contributed by atoms with E-state index in [0.29, 0.717) is 10.7 Å². The number of thiazole rings is 1. The number of aromatic nitrogens is 3. The molecule has 1 aromatic carbocycles. The maximum Gasteiger partial charge on any atom is 0.373 e. The van der Waals surface area contributed by atoms with Gasteiger partial charge in [-0.15, -0.1) is 11.8 Å². The summed E-state index contributed by atoms with van der Waals surface area (Å²) in [5.74, 6) is 0.851. The first-order chi connectivity index (χ1) is 15.6. The molecule has 0 radical (unpaired) electrons. The van der Waals surface area contributed by atoms with Crippen molar-refractivity contribution in [2.45, 2.75) is 56.9 Å². The Hall–Kier alpha value is -2.48. The highest BCUT2D eigenvalue weighted by Gasteiger charge is 2.29. The second-order valence-electron chi connectivity index (χ2n) is 9.09. The van der Waals surface area contributed by atoms with Crippen molar-refractivity contribution in [2.24, 2.45) is 5.41 Å². The molecule has 1 saturated heterocycles. The molecule has 3 aromatic rings. The minimum atomic E-state index is -0.236. The molecule has 1 fully saturated rings. The van der Waals surface area contributed by atoms with Gasteiger partial charge < -0.3 is 4.90 Å². The number of hydrogen-bond donors (Lipinski definition) is 0. The van der Waals surface area contributed by atoms with Gasteiger partial charge in [-0.1, -0.05) is 51.2 Å². The van der Waals surface area contributed by atoms with Crippen LogP contribution in [0.25, 0.3) is 16.3 Å². The Labute approximate surface area is 202 Å². The van der Waals surface area contributed by atoms with E-state index in [1.807, 2.05) is 35.6 Å². The summed E-state index contributed by atoms with van der Waals surface area (Å²) in [6.45, 7) is 13.2. The fourth-order valence-corrected chi connectivity index (χ4v) is 6.15. The number of thioether (sulfide) groups is 1. The number of anilines is 1. The van der Waals surface area contributed by atoms with Gasteiger partial charge in [0, 0.05) is 30.1 Å². The number of aryl methyl sites for hydroxylation is 1. The van der Waals surface area contributed by atoms with E-state index in [9.17, 15) is 4.39 Å². The summed E-state index contributed by atoms with van der Waals surface area (Å²) in [7, 11) is 0. The van der Waals surface area contributed by atoms with Gasteiger partial charge in [0.2, 0.25) is 5.13 Å². The molecule has 1 aliphatic rings. The van der Waals surface area contributed by atoms with Crippen LogP contribution in [0.2, 0.25) is 0 Å². The third-order valence-electron chi connectivity index (χ3n) is 5.56. The number of benzene rings is 1. The summed E-state index contributed by atoms with van der Waals surface area (Å²) in [5, 5.41) is 6.05. The van der Waals surface area contributed by atoms with Gasteiger partial charge in [0.15, 0.2) is 5.82 Å². The third-order valence-corrected chi connectivity index (χ3v) is 7.79. The van der Waals surface area contributed by atoms with Crippen molar-refractivity contribution < 1.29 is 14.0 Å².